The molecule has 0 radical (unpaired) electrons. The molecule has 0 unspecified atom stereocenters. The quantitative estimate of drug-likeness (QED) is 0.597. The van der Waals surface area contributed by atoms with E-state index < -0.39 is 0 Å². The van der Waals surface area contributed by atoms with Crippen molar-refractivity contribution >= 4 is 34.6 Å². The molecule has 0 bridgehead atoms. The van der Waals surface area contributed by atoms with Gasteiger partial charge >= 0.3 is 5.97 Å². The van der Waals surface area contributed by atoms with Crippen molar-refractivity contribution in [3.63, 3.8) is 0 Å². The number of carbonyl (C=O) groups is 2. The highest BCUT2D eigenvalue weighted by Gasteiger charge is 2.29. The van der Waals surface area contributed by atoms with Gasteiger partial charge in [-0.25, -0.2) is 4.98 Å². The standard InChI is InChI=1S/C19H20N4O3S2/c1-22-10-14(9-20-22)17-21-15(12-28-17)11-26-19(25)13-4-6-23(7-5-13)18(24)16-3-2-8-27-16/h2-3,8-10,12-13H,4-7,11H2,1H3. The van der Waals surface area contributed by atoms with Crippen LogP contribution in [0.3, 0.4) is 0 Å². The van der Waals surface area contributed by atoms with Crippen LogP contribution in [-0.2, 0) is 23.2 Å². The second kappa shape index (κ2) is 8.24. The monoisotopic (exact) mass is 416 g/mol. The first-order chi connectivity index (χ1) is 13.6. The highest BCUT2D eigenvalue weighted by atomic mass is 32.1. The van der Waals surface area contributed by atoms with Gasteiger partial charge in [-0.2, -0.15) is 5.10 Å². The Labute approximate surface area is 170 Å². The van der Waals surface area contributed by atoms with Gasteiger partial charge in [-0.15, -0.1) is 22.7 Å². The van der Waals surface area contributed by atoms with Crippen LogP contribution in [0.5, 0.6) is 0 Å². The lowest BCUT2D eigenvalue weighted by Gasteiger charge is -2.30. The smallest absolute Gasteiger partial charge is 0.309 e. The zero-order chi connectivity index (χ0) is 19.5. The third kappa shape index (κ3) is 4.15. The molecule has 0 spiro atoms. The molecule has 1 aliphatic rings. The molecule has 0 N–H and O–H groups in total. The molecule has 4 heterocycles. The number of likely N-dealkylation sites (tertiary alicyclic amines) is 1. The van der Waals surface area contributed by atoms with Crippen molar-refractivity contribution in [2.24, 2.45) is 13.0 Å². The summed E-state index contributed by atoms with van der Waals surface area (Å²) in [5.74, 6) is -0.324. The molecule has 0 aliphatic carbocycles. The van der Waals surface area contributed by atoms with Crippen molar-refractivity contribution in [3.8, 4) is 10.6 Å². The van der Waals surface area contributed by atoms with Crippen LogP contribution in [0.25, 0.3) is 10.6 Å². The second-order valence-electron chi connectivity index (χ2n) is 6.70. The van der Waals surface area contributed by atoms with E-state index in [1.165, 1.54) is 22.7 Å². The van der Waals surface area contributed by atoms with E-state index in [-0.39, 0.29) is 24.4 Å². The number of hydrogen-bond acceptors (Lipinski definition) is 7. The summed E-state index contributed by atoms with van der Waals surface area (Å²) in [4.78, 5) is 31.8. The molecule has 3 aromatic heterocycles. The van der Waals surface area contributed by atoms with Crippen LogP contribution in [0.15, 0.2) is 35.3 Å². The molecule has 1 saturated heterocycles. The second-order valence-corrected chi connectivity index (χ2v) is 8.50. The normalized spacial score (nSPS) is 15.0. The van der Waals surface area contributed by atoms with Crippen molar-refractivity contribution in [2.75, 3.05) is 13.1 Å². The number of hydrogen-bond donors (Lipinski definition) is 0. The van der Waals surface area contributed by atoms with Crippen LogP contribution in [-0.4, -0.2) is 44.6 Å². The summed E-state index contributed by atoms with van der Waals surface area (Å²) in [6.07, 6.45) is 4.93. The van der Waals surface area contributed by atoms with E-state index in [1.54, 1.807) is 10.9 Å². The average Bonchev–Trinajstić information content (AvgIpc) is 3.47. The zero-order valence-corrected chi connectivity index (χ0v) is 17.0. The first-order valence-corrected chi connectivity index (χ1v) is 10.8. The number of thiophene rings is 1. The summed E-state index contributed by atoms with van der Waals surface area (Å²) in [7, 11) is 1.86. The fourth-order valence-corrected chi connectivity index (χ4v) is 4.65. The number of thiazole rings is 1. The lowest BCUT2D eigenvalue weighted by Crippen LogP contribution is -2.40. The maximum Gasteiger partial charge on any atom is 0.309 e. The third-order valence-corrected chi connectivity index (χ3v) is 6.51. The number of aromatic nitrogens is 3. The molecule has 1 aliphatic heterocycles. The molecule has 146 valence electrons. The SMILES string of the molecule is Cn1cc(-c2nc(COC(=O)C3CCN(C(=O)c4cccs4)CC3)cs2)cn1. The van der Waals surface area contributed by atoms with Gasteiger partial charge in [0.15, 0.2) is 0 Å². The summed E-state index contributed by atoms with van der Waals surface area (Å²) >= 11 is 2.95. The molecule has 3 aromatic rings. The zero-order valence-electron chi connectivity index (χ0n) is 15.4. The minimum atomic E-state index is -0.209. The van der Waals surface area contributed by atoms with Crippen molar-refractivity contribution in [2.45, 2.75) is 19.4 Å². The number of aryl methyl sites for hydroxylation is 1. The molecule has 0 saturated carbocycles. The molecule has 28 heavy (non-hydrogen) atoms. The number of rotatable bonds is 5. The van der Waals surface area contributed by atoms with Crippen molar-refractivity contribution in [3.05, 3.63) is 45.9 Å². The van der Waals surface area contributed by atoms with Gasteiger partial charge in [0.1, 0.15) is 11.6 Å². The molecule has 9 heteroatoms. The van der Waals surface area contributed by atoms with Crippen LogP contribution in [0, 0.1) is 5.92 Å². The van der Waals surface area contributed by atoms with Gasteiger partial charge in [-0.1, -0.05) is 6.07 Å². The maximum atomic E-state index is 12.4. The van der Waals surface area contributed by atoms with Gasteiger partial charge in [-0.3, -0.25) is 14.3 Å². The Morgan fingerprint density at radius 3 is 2.79 bits per heavy atom. The lowest BCUT2D eigenvalue weighted by atomic mass is 9.97. The Hall–Kier alpha value is -2.52. The van der Waals surface area contributed by atoms with Crippen molar-refractivity contribution in [1.82, 2.24) is 19.7 Å². The molecule has 0 atom stereocenters. The van der Waals surface area contributed by atoms with E-state index >= 15 is 0 Å². The molecule has 1 fully saturated rings. The Morgan fingerprint density at radius 1 is 1.29 bits per heavy atom. The van der Waals surface area contributed by atoms with Crippen LogP contribution in [0.1, 0.15) is 28.2 Å². The number of amides is 1. The van der Waals surface area contributed by atoms with E-state index in [0.717, 1.165) is 21.1 Å². The van der Waals surface area contributed by atoms with Gasteiger partial charge < -0.3 is 9.64 Å². The van der Waals surface area contributed by atoms with Gasteiger partial charge in [0.05, 0.1) is 22.7 Å². The highest BCUT2D eigenvalue weighted by molar-refractivity contribution is 7.13. The Bertz CT molecular complexity index is 956. The van der Waals surface area contributed by atoms with Gasteiger partial charge in [-0.05, 0) is 24.3 Å². The Kier molecular flexibility index (Phi) is 5.54. The topological polar surface area (TPSA) is 77.3 Å². The molecular formula is C19H20N4O3S2. The summed E-state index contributed by atoms with van der Waals surface area (Å²) < 4.78 is 7.20. The third-order valence-electron chi connectivity index (χ3n) is 4.71. The largest absolute Gasteiger partial charge is 0.459 e. The van der Waals surface area contributed by atoms with Crippen molar-refractivity contribution < 1.29 is 14.3 Å². The maximum absolute atomic E-state index is 12.4. The minimum absolute atomic E-state index is 0.0484. The predicted octanol–water partition coefficient (Wildman–Crippen LogP) is 3.20. The van der Waals surface area contributed by atoms with Crippen LogP contribution in [0.4, 0.5) is 0 Å². The number of carbonyl (C=O) groups excluding carboxylic acids is 2. The average molecular weight is 417 g/mol. The fraction of sp³-hybridized carbons (Fsp3) is 0.368. The molecular weight excluding hydrogens is 396 g/mol. The molecule has 4 rings (SSSR count). The van der Waals surface area contributed by atoms with Crippen LogP contribution >= 0.6 is 22.7 Å². The first kappa shape index (κ1) is 18.8. The Morgan fingerprint density at radius 2 is 2.11 bits per heavy atom. The number of ether oxygens (including phenoxy) is 1. The van der Waals surface area contributed by atoms with E-state index in [9.17, 15) is 9.59 Å². The van der Waals surface area contributed by atoms with Crippen LogP contribution < -0.4 is 0 Å². The number of nitrogens with zero attached hydrogens (tertiary/aromatic N) is 4. The predicted molar refractivity (Wildman–Crippen MR) is 107 cm³/mol. The first-order valence-electron chi connectivity index (χ1n) is 9.03. The van der Waals surface area contributed by atoms with E-state index in [0.29, 0.717) is 25.9 Å². The van der Waals surface area contributed by atoms with Crippen molar-refractivity contribution in [1.29, 1.82) is 0 Å². The number of esters is 1. The molecule has 7 nitrogen and oxygen atoms in total. The minimum Gasteiger partial charge on any atom is -0.459 e. The highest BCUT2D eigenvalue weighted by Crippen LogP contribution is 2.25. The van der Waals surface area contributed by atoms with E-state index in [4.69, 9.17) is 4.74 Å². The fourth-order valence-electron chi connectivity index (χ4n) is 3.17. The van der Waals surface area contributed by atoms with Gasteiger partial charge in [0.25, 0.3) is 5.91 Å². The van der Waals surface area contributed by atoms with E-state index in [1.807, 2.05) is 41.0 Å². The van der Waals surface area contributed by atoms with E-state index in [2.05, 4.69) is 10.1 Å². The summed E-state index contributed by atoms with van der Waals surface area (Å²) in [5, 5.41) is 8.80. The van der Waals surface area contributed by atoms with Crippen LogP contribution in [0.2, 0.25) is 0 Å². The summed E-state index contributed by atoms with van der Waals surface area (Å²) in [6, 6.07) is 3.71. The number of piperidine rings is 1. The Balaban J connectivity index is 1.26. The van der Waals surface area contributed by atoms with Gasteiger partial charge in [0.2, 0.25) is 0 Å². The lowest BCUT2D eigenvalue weighted by molar-refractivity contribution is -0.151. The molecule has 0 aromatic carbocycles. The molecule has 1 amide bonds. The van der Waals surface area contributed by atoms with Gasteiger partial charge in [0, 0.05) is 37.3 Å². The summed E-state index contributed by atoms with van der Waals surface area (Å²) in [6.45, 7) is 1.33. The summed E-state index contributed by atoms with van der Waals surface area (Å²) in [5.41, 5.74) is 1.69.